The number of nitrogens with two attached hydrogens (primary N) is 1. The summed E-state index contributed by atoms with van der Waals surface area (Å²) in [6.45, 7) is 8.48. The van der Waals surface area contributed by atoms with E-state index in [4.69, 9.17) is 5.73 Å². The number of hydrogen-bond acceptors (Lipinski definition) is 5. The minimum Gasteiger partial charge on any atom is -0.367 e. The highest BCUT2D eigenvalue weighted by atomic mass is 19.1. The van der Waals surface area contributed by atoms with Crippen molar-refractivity contribution in [2.75, 3.05) is 50.7 Å². The highest BCUT2D eigenvalue weighted by Crippen LogP contribution is 2.26. The highest BCUT2D eigenvalue weighted by molar-refractivity contribution is 5.97. The standard InChI is InChI=1S/C20H28FN5O2/c1-3-24(8-5-22)20(28)15-13-25(4-2)17-12-18(26-9-6-23-7-10-26)16(21)11-14(17)19(15)27/h11-13,23H,3-10,22H2,1-2H3. The number of nitrogens with one attached hydrogen (secondary N) is 1. The molecule has 1 saturated heterocycles. The van der Waals surface area contributed by atoms with Crippen molar-refractivity contribution < 1.29 is 9.18 Å². The van der Waals surface area contributed by atoms with Gasteiger partial charge in [-0.3, -0.25) is 9.59 Å². The molecular weight excluding hydrogens is 361 g/mol. The molecule has 1 aliphatic heterocycles. The zero-order valence-corrected chi connectivity index (χ0v) is 16.5. The fourth-order valence-electron chi connectivity index (χ4n) is 3.69. The molecule has 1 aliphatic rings. The Labute approximate surface area is 163 Å². The lowest BCUT2D eigenvalue weighted by Crippen LogP contribution is -2.44. The van der Waals surface area contributed by atoms with Gasteiger partial charge in [-0.05, 0) is 26.0 Å². The second-order valence-electron chi connectivity index (χ2n) is 6.89. The normalized spacial score (nSPS) is 14.5. The zero-order valence-electron chi connectivity index (χ0n) is 16.5. The zero-order chi connectivity index (χ0) is 20.3. The third-order valence-electron chi connectivity index (χ3n) is 5.25. The molecule has 2 aromatic rings. The lowest BCUT2D eigenvalue weighted by atomic mass is 10.1. The Morgan fingerprint density at radius 1 is 1.29 bits per heavy atom. The van der Waals surface area contributed by atoms with Gasteiger partial charge in [-0.1, -0.05) is 0 Å². The highest BCUT2D eigenvalue weighted by Gasteiger charge is 2.22. The first-order valence-corrected chi connectivity index (χ1v) is 9.83. The molecule has 3 rings (SSSR count). The third-order valence-corrected chi connectivity index (χ3v) is 5.25. The van der Waals surface area contributed by atoms with Crippen molar-refractivity contribution in [2.45, 2.75) is 20.4 Å². The molecule has 1 aromatic heterocycles. The summed E-state index contributed by atoms with van der Waals surface area (Å²) in [5, 5.41) is 3.48. The van der Waals surface area contributed by atoms with E-state index in [9.17, 15) is 14.0 Å². The van der Waals surface area contributed by atoms with Gasteiger partial charge in [0.2, 0.25) is 5.43 Å². The van der Waals surface area contributed by atoms with E-state index in [1.54, 1.807) is 12.3 Å². The van der Waals surface area contributed by atoms with E-state index in [1.165, 1.54) is 11.0 Å². The molecule has 0 unspecified atom stereocenters. The van der Waals surface area contributed by atoms with Gasteiger partial charge in [-0.15, -0.1) is 0 Å². The van der Waals surface area contributed by atoms with Gasteiger partial charge in [-0.2, -0.15) is 0 Å². The minimum absolute atomic E-state index is 0.0546. The first-order chi connectivity index (χ1) is 13.5. The predicted octanol–water partition coefficient (Wildman–Crippen LogP) is 0.991. The number of aromatic nitrogens is 1. The van der Waals surface area contributed by atoms with Crippen molar-refractivity contribution in [1.82, 2.24) is 14.8 Å². The molecule has 7 nitrogen and oxygen atoms in total. The molecule has 1 fully saturated rings. The van der Waals surface area contributed by atoms with E-state index in [0.717, 1.165) is 13.1 Å². The van der Waals surface area contributed by atoms with E-state index < -0.39 is 11.2 Å². The summed E-state index contributed by atoms with van der Waals surface area (Å²) in [6.07, 6.45) is 1.59. The van der Waals surface area contributed by atoms with Crippen molar-refractivity contribution in [3.05, 3.63) is 39.9 Å². The van der Waals surface area contributed by atoms with Crippen LogP contribution >= 0.6 is 0 Å². The molecule has 0 radical (unpaired) electrons. The lowest BCUT2D eigenvalue weighted by Gasteiger charge is -2.30. The Morgan fingerprint density at radius 3 is 2.61 bits per heavy atom. The molecule has 1 amide bonds. The second kappa shape index (κ2) is 8.70. The largest absolute Gasteiger partial charge is 0.367 e. The fourth-order valence-corrected chi connectivity index (χ4v) is 3.69. The number of amides is 1. The molecular formula is C20H28FN5O2. The van der Waals surface area contributed by atoms with Crippen LogP contribution in [0.5, 0.6) is 0 Å². The van der Waals surface area contributed by atoms with Crippen molar-refractivity contribution in [3.63, 3.8) is 0 Å². The van der Waals surface area contributed by atoms with Crippen molar-refractivity contribution >= 4 is 22.5 Å². The topological polar surface area (TPSA) is 83.6 Å². The summed E-state index contributed by atoms with van der Waals surface area (Å²) in [7, 11) is 0. The van der Waals surface area contributed by atoms with Gasteiger partial charge in [0.05, 0.1) is 11.2 Å². The number of pyridine rings is 1. The Kier molecular flexibility index (Phi) is 6.31. The van der Waals surface area contributed by atoms with Crippen LogP contribution in [-0.2, 0) is 6.54 Å². The number of anilines is 1. The molecule has 0 aliphatic carbocycles. The van der Waals surface area contributed by atoms with Crippen LogP contribution in [0.25, 0.3) is 10.9 Å². The maximum atomic E-state index is 14.9. The average molecular weight is 389 g/mol. The van der Waals surface area contributed by atoms with Crippen LogP contribution in [0.15, 0.2) is 23.1 Å². The van der Waals surface area contributed by atoms with Gasteiger partial charge in [0.15, 0.2) is 0 Å². The van der Waals surface area contributed by atoms with Gasteiger partial charge < -0.3 is 25.4 Å². The second-order valence-corrected chi connectivity index (χ2v) is 6.89. The monoisotopic (exact) mass is 389 g/mol. The van der Waals surface area contributed by atoms with Crippen LogP contribution in [0.2, 0.25) is 0 Å². The van der Waals surface area contributed by atoms with Gasteiger partial charge in [-0.25, -0.2) is 4.39 Å². The van der Waals surface area contributed by atoms with Crippen molar-refractivity contribution in [2.24, 2.45) is 5.73 Å². The van der Waals surface area contributed by atoms with Gasteiger partial charge in [0.1, 0.15) is 11.4 Å². The number of rotatable bonds is 6. The number of carbonyl (C=O) groups excluding carboxylic acids is 1. The summed E-state index contributed by atoms with van der Waals surface area (Å²) in [5.41, 5.74) is 6.33. The number of piperazine rings is 1. The van der Waals surface area contributed by atoms with Crippen molar-refractivity contribution in [1.29, 1.82) is 0 Å². The maximum Gasteiger partial charge on any atom is 0.259 e. The molecule has 0 saturated carbocycles. The Balaban J connectivity index is 2.14. The third kappa shape index (κ3) is 3.74. The van der Waals surface area contributed by atoms with E-state index in [2.05, 4.69) is 5.32 Å². The van der Waals surface area contributed by atoms with Crippen LogP contribution < -0.4 is 21.4 Å². The summed E-state index contributed by atoms with van der Waals surface area (Å²) in [6, 6.07) is 3.00. The molecule has 1 aromatic carbocycles. The Hall–Kier alpha value is -2.45. The summed E-state index contributed by atoms with van der Waals surface area (Å²) in [5.74, 6) is -0.804. The fraction of sp³-hybridized carbons (Fsp3) is 0.500. The van der Waals surface area contributed by atoms with Crippen LogP contribution in [0.3, 0.4) is 0 Å². The number of aryl methyl sites for hydroxylation is 1. The molecule has 0 spiro atoms. The maximum absolute atomic E-state index is 14.9. The molecule has 0 bridgehead atoms. The molecule has 152 valence electrons. The number of likely N-dealkylation sites (N-methyl/N-ethyl adjacent to an activating group) is 1. The summed E-state index contributed by atoms with van der Waals surface area (Å²) >= 11 is 0. The number of carbonyl (C=O) groups is 1. The summed E-state index contributed by atoms with van der Waals surface area (Å²) < 4.78 is 16.7. The van der Waals surface area contributed by atoms with E-state index in [-0.39, 0.29) is 16.9 Å². The van der Waals surface area contributed by atoms with Crippen LogP contribution in [0.1, 0.15) is 24.2 Å². The van der Waals surface area contributed by atoms with Crippen LogP contribution in [-0.4, -0.2) is 61.2 Å². The molecule has 8 heteroatoms. The lowest BCUT2D eigenvalue weighted by molar-refractivity contribution is 0.0767. The number of benzene rings is 1. The smallest absolute Gasteiger partial charge is 0.259 e. The first kappa shape index (κ1) is 20.3. The molecule has 28 heavy (non-hydrogen) atoms. The van der Waals surface area contributed by atoms with E-state index in [1.807, 2.05) is 23.3 Å². The Bertz CT molecular complexity index is 921. The minimum atomic E-state index is -0.439. The van der Waals surface area contributed by atoms with E-state index >= 15 is 0 Å². The number of fused-ring (bicyclic) bond motifs is 1. The van der Waals surface area contributed by atoms with Gasteiger partial charge in [0, 0.05) is 63.9 Å². The van der Waals surface area contributed by atoms with Crippen molar-refractivity contribution in [3.8, 4) is 0 Å². The number of halogens is 1. The first-order valence-electron chi connectivity index (χ1n) is 9.83. The molecule has 0 atom stereocenters. The predicted molar refractivity (Wildman–Crippen MR) is 110 cm³/mol. The Morgan fingerprint density at radius 2 is 2.00 bits per heavy atom. The SMILES string of the molecule is CCN(CCN)C(=O)c1cn(CC)c2cc(N3CCNCC3)c(F)cc2c1=O. The number of hydrogen-bond donors (Lipinski definition) is 2. The van der Waals surface area contributed by atoms with Gasteiger partial charge >= 0.3 is 0 Å². The van der Waals surface area contributed by atoms with E-state index in [0.29, 0.717) is 50.5 Å². The molecule has 2 heterocycles. The van der Waals surface area contributed by atoms with Gasteiger partial charge in [0.25, 0.3) is 5.91 Å². The average Bonchev–Trinajstić information content (AvgIpc) is 2.72. The summed E-state index contributed by atoms with van der Waals surface area (Å²) in [4.78, 5) is 29.4. The number of nitrogens with zero attached hydrogens (tertiary/aromatic N) is 3. The van der Waals surface area contributed by atoms with Crippen LogP contribution in [0, 0.1) is 5.82 Å². The quantitative estimate of drug-likeness (QED) is 0.770. The van der Waals surface area contributed by atoms with Crippen LogP contribution in [0.4, 0.5) is 10.1 Å². The molecule has 3 N–H and O–H groups in total.